The molecule has 0 N–H and O–H groups in total. The van der Waals surface area contributed by atoms with Crippen molar-refractivity contribution in [2.24, 2.45) is 0 Å². The molecule has 0 aliphatic heterocycles. The summed E-state index contributed by atoms with van der Waals surface area (Å²) in [6, 6.07) is 11.3. The van der Waals surface area contributed by atoms with Crippen LogP contribution in [0.3, 0.4) is 0 Å². The van der Waals surface area contributed by atoms with Crippen molar-refractivity contribution >= 4 is 26.8 Å². The van der Waals surface area contributed by atoms with Gasteiger partial charge in [0.05, 0.1) is 6.54 Å². The van der Waals surface area contributed by atoms with Gasteiger partial charge in [0.15, 0.2) is 0 Å². The first kappa shape index (κ1) is 12.4. The first-order chi connectivity index (χ1) is 9.13. The molecule has 19 heavy (non-hydrogen) atoms. The summed E-state index contributed by atoms with van der Waals surface area (Å²) < 4.78 is 29.6. The second kappa shape index (κ2) is 4.78. The average molecular weight is 322 g/mol. The summed E-state index contributed by atoms with van der Waals surface area (Å²) in [5.74, 6) is -0.508. The molecular weight excluding hydrogens is 312 g/mol. The molecule has 0 spiro atoms. The van der Waals surface area contributed by atoms with E-state index in [0.717, 1.165) is 15.4 Å². The van der Waals surface area contributed by atoms with Crippen molar-refractivity contribution in [3.63, 3.8) is 0 Å². The molecule has 0 bridgehead atoms. The fourth-order valence-corrected chi connectivity index (χ4v) is 2.57. The topological polar surface area (TPSA) is 4.93 Å². The van der Waals surface area contributed by atoms with Crippen molar-refractivity contribution in [2.75, 3.05) is 0 Å². The number of hydrogen-bond donors (Lipinski definition) is 0. The third-order valence-electron chi connectivity index (χ3n) is 3.08. The van der Waals surface area contributed by atoms with Gasteiger partial charge in [-0.2, -0.15) is 0 Å². The van der Waals surface area contributed by atoms with Gasteiger partial charge < -0.3 is 4.57 Å². The van der Waals surface area contributed by atoms with E-state index in [1.807, 2.05) is 16.8 Å². The zero-order valence-corrected chi connectivity index (χ0v) is 11.5. The first-order valence-corrected chi connectivity index (χ1v) is 6.61. The van der Waals surface area contributed by atoms with Crippen LogP contribution in [-0.2, 0) is 6.54 Å². The second-order valence-electron chi connectivity index (χ2n) is 4.38. The Morgan fingerprint density at radius 1 is 1.00 bits per heavy atom. The summed E-state index contributed by atoms with van der Waals surface area (Å²) in [4.78, 5) is 0. The molecule has 1 heterocycles. The highest BCUT2D eigenvalue weighted by Gasteiger charge is 2.07. The molecule has 0 fully saturated rings. The Labute approximate surface area is 117 Å². The van der Waals surface area contributed by atoms with Gasteiger partial charge in [0, 0.05) is 27.1 Å². The number of hydrogen-bond acceptors (Lipinski definition) is 0. The van der Waals surface area contributed by atoms with E-state index in [0.29, 0.717) is 12.1 Å². The number of aromatic nitrogens is 1. The predicted octanol–water partition coefficient (Wildman–Crippen LogP) is 4.73. The summed E-state index contributed by atoms with van der Waals surface area (Å²) in [5, 5.41) is 0.815. The molecule has 0 aliphatic carbocycles. The van der Waals surface area contributed by atoms with E-state index in [1.54, 1.807) is 18.2 Å². The molecule has 1 aromatic heterocycles. The van der Waals surface area contributed by atoms with Crippen molar-refractivity contribution in [1.29, 1.82) is 0 Å². The highest BCUT2D eigenvalue weighted by Crippen LogP contribution is 2.21. The van der Waals surface area contributed by atoms with E-state index in [1.165, 1.54) is 18.2 Å². The smallest absolute Gasteiger partial charge is 0.128 e. The highest BCUT2D eigenvalue weighted by atomic mass is 79.9. The van der Waals surface area contributed by atoms with Crippen molar-refractivity contribution in [3.05, 3.63) is 70.3 Å². The first-order valence-electron chi connectivity index (χ1n) is 5.82. The van der Waals surface area contributed by atoms with E-state index in [-0.39, 0.29) is 11.6 Å². The van der Waals surface area contributed by atoms with Crippen LogP contribution < -0.4 is 0 Å². The average Bonchev–Trinajstić information content (AvgIpc) is 2.76. The van der Waals surface area contributed by atoms with Gasteiger partial charge in [0.2, 0.25) is 0 Å². The maximum absolute atomic E-state index is 13.7. The SMILES string of the molecule is Fc1ccc2c(ccn2Cc2cc(Br)ccc2F)c1. The fourth-order valence-electron chi connectivity index (χ4n) is 2.16. The lowest BCUT2D eigenvalue weighted by atomic mass is 10.2. The normalized spacial score (nSPS) is 11.1. The van der Waals surface area contributed by atoms with Gasteiger partial charge in [-0.15, -0.1) is 0 Å². The number of nitrogens with zero attached hydrogens (tertiary/aromatic N) is 1. The Morgan fingerprint density at radius 2 is 1.84 bits per heavy atom. The predicted molar refractivity (Wildman–Crippen MR) is 75.1 cm³/mol. The van der Waals surface area contributed by atoms with Gasteiger partial charge >= 0.3 is 0 Å². The van der Waals surface area contributed by atoms with Crippen molar-refractivity contribution in [3.8, 4) is 0 Å². The largest absolute Gasteiger partial charge is 0.343 e. The Bertz CT molecular complexity index is 749. The summed E-state index contributed by atoms with van der Waals surface area (Å²) in [7, 11) is 0. The molecule has 0 saturated carbocycles. The minimum absolute atomic E-state index is 0.243. The Kier molecular flexibility index (Phi) is 3.11. The van der Waals surface area contributed by atoms with Crippen LogP contribution in [0.5, 0.6) is 0 Å². The monoisotopic (exact) mass is 321 g/mol. The Balaban J connectivity index is 2.03. The molecule has 0 aliphatic rings. The molecule has 96 valence electrons. The van der Waals surface area contributed by atoms with E-state index in [4.69, 9.17) is 0 Å². The van der Waals surface area contributed by atoms with Gasteiger partial charge in [0.25, 0.3) is 0 Å². The van der Waals surface area contributed by atoms with E-state index < -0.39 is 0 Å². The second-order valence-corrected chi connectivity index (χ2v) is 5.30. The summed E-state index contributed by atoms with van der Waals surface area (Å²) in [6.07, 6.45) is 1.84. The van der Waals surface area contributed by atoms with Crippen molar-refractivity contribution in [1.82, 2.24) is 4.57 Å². The van der Waals surface area contributed by atoms with Crippen LogP contribution in [0, 0.1) is 11.6 Å². The van der Waals surface area contributed by atoms with E-state index >= 15 is 0 Å². The van der Waals surface area contributed by atoms with E-state index in [9.17, 15) is 8.78 Å². The summed E-state index contributed by atoms with van der Waals surface area (Å²) in [6.45, 7) is 0.417. The fraction of sp³-hybridized carbons (Fsp3) is 0.0667. The van der Waals surface area contributed by atoms with Crippen LogP contribution in [0.2, 0.25) is 0 Å². The molecule has 0 atom stereocenters. The molecule has 0 unspecified atom stereocenters. The molecular formula is C15H10BrF2N. The van der Waals surface area contributed by atoms with Crippen LogP contribution in [0.4, 0.5) is 8.78 Å². The molecule has 1 nitrogen and oxygen atoms in total. The van der Waals surface area contributed by atoms with Crippen LogP contribution in [0.1, 0.15) is 5.56 Å². The van der Waals surface area contributed by atoms with Gasteiger partial charge in [-0.25, -0.2) is 8.78 Å². The summed E-state index contributed by atoms with van der Waals surface area (Å²) in [5.41, 5.74) is 1.48. The van der Waals surface area contributed by atoms with Crippen molar-refractivity contribution in [2.45, 2.75) is 6.54 Å². The van der Waals surface area contributed by atoms with E-state index in [2.05, 4.69) is 15.9 Å². The molecule has 0 saturated heterocycles. The molecule has 0 amide bonds. The van der Waals surface area contributed by atoms with Gasteiger partial charge in [-0.1, -0.05) is 15.9 Å². The number of rotatable bonds is 2. The van der Waals surface area contributed by atoms with Gasteiger partial charge in [-0.05, 0) is 42.5 Å². The molecule has 0 radical (unpaired) electrons. The van der Waals surface area contributed by atoms with Crippen LogP contribution in [0.15, 0.2) is 53.1 Å². The van der Waals surface area contributed by atoms with Crippen LogP contribution in [0.25, 0.3) is 10.9 Å². The lowest BCUT2D eigenvalue weighted by molar-refractivity contribution is 0.601. The molecule has 3 aromatic rings. The minimum atomic E-state index is -0.265. The Morgan fingerprint density at radius 3 is 2.68 bits per heavy atom. The van der Waals surface area contributed by atoms with Crippen molar-refractivity contribution < 1.29 is 8.78 Å². The highest BCUT2D eigenvalue weighted by molar-refractivity contribution is 9.10. The number of benzene rings is 2. The standard InChI is InChI=1S/C15H10BrF2N/c16-12-1-3-14(18)11(7-12)9-19-6-5-10-8-13(17)2-4-15(10)19/h1-8H,9H2. The zero-order valence-electron chi connectivity index (χ0n) is 9.91. The minimum Gasteiger partial charge on any atom is -0.343 e. The lowest BCUT2D eigenvalue weighted by Crippen LogP contribution is -2.00. The number of halogens is 3. The maximum Gasteiger partial charge on any atom is 0.128 e. The van der Waals surface area contributed by atoms with Gasteiger partial charge in [-0.3, -0.25) is 0 Å². The quantitative estimate of drug-likeness (QED) is 0.643. The molecule has 4 heteroatoms. The van der Waals surface area contributed by atoms with Crippen LogP contribution in [-0.4, -0.2) is 4.57 Å². The third-order valence-corrected chi connectivity index (χ3v) is 3.57. The number of fused-ring (bicyclic) bond motifs is 1. The zero-order chi connectivity index (χ0) is 13.4. The molecule has 2 aromatic carbocycles. The van der Waals surface area contributed by atoms with Crippen LogP contribution >= 0.6 is 15.9 Å². The Hall–Kier alpha value is -1.68. The summed E-state index contributed by atoms with van der Waals surface area (Å²) >= 11 is 3.33. The third kappa shape index (κ3) is 2.40. The molecule has 3 rings (SSSR count). The van der Waals surface area contributed by atoms with Gasteiger partial charge in [0.1, 0.15) is 11.6 Å². The maximum atomic E-state index is 13.7. The lowest BCUT2D eigenvalue weighted by Gasteiger charge is -2.07.